The Labute approximate surface area is 338 Å². The fraction of sp³-hybridized carbons (Fsp3) is 0.279. The third kappa shape index (κ3) is 7.99. The molecular weight excluding hydrogens is 782 g/mol. The number of aryl methyl sites for hydroxylation is 1. The van der Waals surface area contributed by atoms with Crippen molar-refractivity contribution < 1.29 is 46.3 Å². The minimum absolute atomic E-state index is 0.0372. The molecule has 5 amide bonds. The van der Waals surface area contributed by atoms with Gasteiger partial charge in [0, 0.05) is 35.7 Å². The molecule has 1 atom stereocenters. The largest absolute Gasteiger partial charge is 0.494 e. The molecule has 16 heteroatoms. The van der Waals surface area contributed by atoms with Crippen LogP contribution in [0.1, 0.15) is 60.0 Å². The summed E-state index contributed by atoms with van der Waals surface area (Å²) in [5.74, 6) is -2.55. The fourth-order valence-corrected chi connectivity index (χ4v) is 8.97. The van der Waals surface area contributed by atoms with Crippen molar-refractivity contribution in [3.05, 3.63) is 107 Å². The number of hydrogen-bond acceptors (Lipinski definition) is 9. The smallest absolute Gasteiger partial charge is 0.326 e. The monoisotopic (exact) mass is 821 g/mol. The molecule has 0 saturated carbocycles. The number of carbonyl (C=O) groups is 5. The molecule has 304 valence electrons. The number of halogens is 1. The molecule has 2 saturated heterocycles. The van der Waals surface area contributed by atoms with Gasteiger partial charge in [-0.3, -0.25) is 34.2 Å². The zero-order chi connectivity index (χ0) is 41.3. The number of imide groups is 1. The molecule has 1 unspecified atom stereocenters. The van der Waals surface area contributed by atoms with Crippen LogP contribution >= 0.6 is 0 Å². The standard InChI is InChI=1S/C43H40FN5O9S/c44-40-32-23-29(16-14-28(32)22-35(58-25-26-8-2-1-3-9-26)41(40)48-24-38(52)47-59(48,55)56)57-21-5-4-13-36(50)45-20-7-10-27-15-17-33-39-30(27)11-6-12-31(39)43(54)49(33)34-18-19-37(51)46-42(34)53/h1-3,6,8-9,11-12,14-17,22-23,34H,4-5,7,10,13,18-21,24-25H2,(H,45,50)(H,47,52)(H,46,51,53). The van der Waals surface area contributed by atoms with E-state index in [9.17, 15) is 32.4 Å². The van der Waals surface area contributed by atoms with Gasteiger partial charge in [-0.05, 0) is 84.3 Å². The van der Waals surface area contributed by atoms with Crippen LogP contribution in [0.15, 0.2) is 84.9 Å². The predicted molar refractivity (Wildman–Crippen MR) is 217 cm³/mol. The van der Waals surface area contributed by atoms with Crippen molar-refractivity contribution in [2.45, 2.75) is 57.6 Å². The van der Waals surface area contributed by atoms with Crippen molar-refractivity contribution in [2.75, 3.05) is 28.9 Å². The number of amides is 5. The van der Waals surface area contributed by atoms with Gasteiger partial charge in [0.25, 0.3) is 11.8 Å². The number of unbranched alkanes of at least 4 members (excludes halogenated alkanes) is 1. The Kier molecular flexibility index (Phi) is 10.9. The van der Waals surface area contributed by atoms with Crippen LogP contribution < -0.4 is 34.0 Å². The van der Waals surface area contributed by atoms with E-state index in [1.54, 1.807) is 18.2 Å². The second-order valence-electron chi connectivity index (χ2n) is 14.6. The van der Waals surface area contributed by atoms with Crippen molar-refractivity contribution in [3.8, 4) is 11.5 Å². The summed E-state index contributed by atoms with van der Waals surface area (Å²) in [5.41, 5.74) is 2.60. The van der Waals surface area contributed by atoms with Crippen molar-refractivity contribution in [2.24, 2.45) is 0 Å². The molecule has 0 radical (unpaired) electrons. The minimum Gasteiger partial charge on any atom is -0.494 e. The van der Waals surface area contributed by atoms with E-state index in [0.29, 0.717) is 58.9 Å². The summed E-state index contributed by atoms with van der Waals surface area (Å²) in [6, 6.07) is 24.0. The van der Waals surface area contributed by atoms with E-state index in [1.807, 2.05) is 59.3 Å². The maximum atomic E-state index is 16.3. The Hall–Kier alpha value is -6.55. The number of nitrogens with one attached hydrogen (secondary N) is 3. The highest BCUT2D eigenvalue weighted by Crippen LogP contribution is 2.42. The van der Waals surface area contributed by atoms with Gasteiger partial charge in [-0.25, -0.2) is 13.4 Å². The van der Waals surface area contributed by atoms with Gasteiger partial charge in [-0.2, -0.15) is 8.42 Å². The Morgan fingerprint density at radius 3 is 2.49 bits per heavy atom. The zero-order valence-electron chi connectivity index (χ0n) is 31.8. The normalized spacial score (nSPS) is 17.1. The molecule has 5 aromatic rings. The van der Waals surface area contributed by atoms with E-state index in [1.165, 1.54) is 17.0 Å². The van der Waals surface area contributed by atoms with Gasteiger partial charge in [0.15, 0.2) is 5.82 Å². The average molecular weight is 822 g/mol. The highest BCUT2D eigenvalue weighted by molar-refractivity contribution is 7.92. The van der Waals surface area contributed by atoms with Gasteiger partial charge >= 0.3 is 10.2 Å². The molecule has 3 aliphatic rings. The first kappa shape index (κ1) is 39.3. The topological polar surface area (TPSA) is 181 Å². The van der Waals surface area contributed by atoms with Crippen LogP contribution in [0.25, 0.3) is 21.5 Å². The van der Waals surface area contributed by atoms with E-state index in [4.69, 9.17) is 9.47 Å². The molecule has 3 heterocycles. The molecule has 2 fully saturated rings. The summed E-state index contributed by atoms with van der Waals surface area (Å²) < 4.78 is 56.2. The third-order valence-corrected chi connectivity index (χ3v) is 12.0. The van der Waals surface area contributed by atoms with Gasteiger partial charge in [0.05, 0.1) is 12.3 Å². The lowest BCUT2D eigenvalue weighted by molar-refractivity contribution is -0.134. The second kappa shape index (κ2) is 16.4. The number of fused-ring (bicyclic) bond motifs is 1. The van der Waals surface area contributed by atoms with Gasteiger partial charge in [0.1, 0.15) is 36.4 Å². The van der Waals surface area contributed by atoms with Gasteiger partial charge < -0.3 is 14.8 Å². The second-order valence-corrected chi connectivity index (χ2v) is 16.2. The predicted octanol–water partition coefficient (Wildman–Crippen LogP) is 4.96. The first-order valence-corrected chi connectivity index (χ1v) is 20.8. The first-order valence-electron chi connectivity index (χ1n) is 19.4. The highest BCUT2D eigenvalue weighted by atomic mass is 32.2. The van der Waals surface area contributed by atoms with Crippen LogP contribution in [0.3, 0.4) is 0 Å². The van der Waals surface area contributed by atoms with E-state index >= 15 is 4.39 Å². The fourth-order valence-electron chi connectivity index (χ4n) is 7.81. The summed E-state index contributed by atoms with van der Waals surface area (Å²) in [6.45, 7) is 0.144. The van der Waals surface area contributed by atoms with Crippen LogP contribution in [0.5, 0.6) is 11.5 Å². The lowest BCUT2D eigenvalue weighted by atomic mass is 9.97. The Balaban J connectivity index is 0.832. The Morgan fingerprint density at radius 2 is 1.71 bits per heavy atom. The van der Waals surface area contributed by atoms with E-state index < -0.39 is 40.4 Å². The maximum absolute atomic E-state index is 16.3. The summed E-state index contributed by atoms with van der Waals surface area (Å²) in [7, 11) is -4.34. The minimum atomic E-state index is -4.34. The zero-order valence-corrected chi connectivity index (χ0v) is 32.6. The number of carbonyl (C=O) groups excluding carboxylic acids is 5. The molecular formula is C43H40FN5O9S. The summed E-state index contributed by atoms with van der Waals surface area (Å²) in [5, 5.41) is 7.52. The molecule has 3 N–H and O–H groups in total. The maximum Gasteiger partial charge on any atom is 0.326 e. The molecule has 5 aromatic carbocycles. The van der Waals surface area contributed by atoms with Crippen molar-refractivity contribution in [1.29, 1.82) is 0 Å². The van der Waals surface area contributed by atoms with Gasteiger partial charge in [-0.1, -0.05) is 54.6 Å². The van der Waals surface area contributed by atoms with Gasteiger partial charge in [-0.15, -0.1) is 0 Å². The number of piperidine rings is 1. The highest BCUT2D eigenvalue weighted by Gasteiger charge is 2.41. The number of nitrogens with zero attached hydrogens (tertiary/aromatic N) is 2. The lowest BCUT2D eigenvalue weighted by Gasteiger charge is -2.30. The molecule has 8 rings (SSSR count). The van der Waals surface area contributed by atoms with Crippen LogP contribution in [0.4, 0.5) is 15.8 Å². The van der Waals surface area contributed by atoms with Crippen molar-refractivity contribution in [3.63, 3.8) is 0 Å². The Bertz CT molecular complexity index is 2640. The van der Waals surface area contributed by atoms with Gasteiger partial charge in [0.2, 0.25) is 17.7 Å². The Morgan fingerprint density at radius 1 is 0.881 bits per heavy atom. The molecule has 0 aliphatic carbocycles. The quantitative estimate of drug-likeness (QED) is 0.0973. The number of anilines is 2. The van der Waals surface area contributed by atoms with Crippen LogP contribution in [0.2, 0.25) is 0 Å². The molecule has 59 heavy (non-hydrogen) atoms. The summed E-state index contributed by atoms with van der Waals surface area (Å²) >= 11 is 0. The van der Waals surface area contributed by atoms with Crippen LogP contribution in [-0.2, 0) is 42.4 Å². The third-order valence-electron chi connectivity index (χ3n) is 10.6. The molecule has 3 aliphatic heterocycles. The van der Waals surface area contributed by atoms with Crippen molar-refractivity contribution >= 4 is 72.7 Å². The van der Waals surface area contributed by atoms with Crippen LogP contribution in [0, 0.1) is 5.82 Å². The average Bonchev–Trinajstić information content (AvgIpc) is 3.66. The van der Waals surface area contributed by atoms with E-state index in [-0.39, 0.29) is 67.0 Å². The molecule has 0 aromatic heterocycles. The molecule has 0 spiro atoms. The number of hydrogen-bond donors (Lipinski definition) is 3. The van der Waals surface area contributed by atoms with E-state index in [2.05, 4.69) is 10.6 Å². The molecule has 0 bridgehead atoms. The number of ether oxygens (including phenoxy) is 2. The first-order chi connectivity index (χ1) is 28.5. The van der Waals surface area contributed by atoms with E-state index in [0.717, 1.165) is 21.9 Å². The van der Waals surface area contributed by atoms with Crippen molar-refractivity contribution in [1.82, 2.24) is 15.4 Å². The molecule has 14 nitrogen and oxygen atoms in total. The summed E-state index contributed by atoms with van der Waals surface area (Å²) in [6.07, 6.45) is 3.11. The number of rotatable bonds is 15. The van der Waals surface area contributed by atoms with Crippen LogP contribution in [-0.4, -0.2) is 63.7 Å². The number of benzene rings is 5. The summed E-state index contributed by atoms with van der Waals surface area (Å²) in [4.78, 5) is 63.9. The SMILES string of the molecule is O=C(CCCCOc1ccc2cc(OCc3ccccc3)c(N3CC(=O)NS3(=O)=O)c(F)c2c1)NCCCc1ccc2c3c(cccc13)C(=O)N2C1CCC(=O)NC1=O. The lowest BCUT2D eigenvalue weighted by Crippen LogP contribution is -2.53.